The van der Waals surface area contributed by atoms with Crippen LogP contribution in [0.1, 0.15) is 17.5 Å². The Morgan fingerprint density at radius 3 is 2.57 bits per heavy atom. The lowest BCUT2D eigenvalue weighted by Crippen LogP contribution is -2.44. The maximum atomic E-state index is 13.4. The van der Waals surface area contributed by atoms with E-state index in [1.807, 2.05) is 30.3 Å². The fraction of sp³-hybridized carbons (Fsp3) is 0.304. The van der Waals surface area contributed by atoms with Crippen LogP contribution in [0.2, 0.25) is 10.0 Å². The van der Waals surface area contributed by atoms with Crippen LogP contribution in [0.15, 0.2) is 55.1 Å². The van der Waals surface area contributed by atoms with Crippen molar-refractivity contribution in [2.45, 2.75) is 25.3 Å². The highest BCUT2D eigenvalue weighted by Crippen LogP contribution is 2.33. The second-order valence-electron chi connectivity index (χ2n) is 7.12. The lowest BCUT2D eigenvalue weighted by molar-refractivity contribution is -0.133. The van der Waals surface area contributed by atoms with Gasteiger partial charge in [0, 0.05) is 16.0 Å². The topological polar surface area (TPSA) is 55.8 Å². The van der Waals surface area contributed by atoms with Crippen LogP contribution < -0.4 is 4.74 Å². The van der Waals surface area contributed by atoms with Crippen LogP contribution in [-0.2, 0) is 22.4 Å². The SMILES string of the molecule is C=CC[C@@H](Cc1c(Cl)cc(OC)cc1Cl)C(=O)N1C(=O)OCC1Cc1ccccc1. The number of nitrogens with zero attached hydrogens (tertiary/aromatic N) is 1. The summed E-state index contributed by atoms with van der Waals surface area (Å²) in [5.41, 5.74) is 1.66. The zero-order valence-electron chi connectivity index (χ0n) is 16.6. The highest BCUT2D eigenvalue weighted by Gasteiger charge is 2.40. The number of benzene rings is 2. The predicted octanol–water partition coefficient (Wildman–Crippen LogP) is 5.33. The van der Waals surface area contributed by atoms with Gasteiger partial charge in [0.25, 0.3) is 0 Å². The third-order valence-electron chi connectivity index (χ3n) is 5.11. The standard InChI is InChI=1S/C23H23Cl2NO4/c1-3-7-16(11-19-20(24)12-18(29-2)13-21(19)25)22(27)26-17(14-30-23(26)28)10-15-8-5-4-6-9-15/h3-6,8-9,12-13,16-17H,1,7,10-11,14H2,2H3/t16-,17?/m0/s1. The Labute approximate surface area is 186 Å². The first kappa shape index (κ1) is 22.2. The Morgan fingerprint density at radius 2 is 1.97 bits per heavy atom. The average Bonchev–Trinajstić information content (AvgIpc) is 3.09. The van der Waals surface area contributed by atoms with Crippen LogP contribution in [0, 0.1) is 5.92 Å². The van der Waals surface area contributed by atoms with Crippen molar-refractivity contribution in [3.63, 3.8) is 0 Å². The third-order valence-corrected chi connectivity index (χ3v) is 5.79. The summed E-state index contributed by atoms with van der Waals surface area (Å²) in [5, 5.41) is 0.817. The summed E-state index contributed by atoms with van der Waals surface area (Å²) in [6.07, 6.45) is 2.21. The number of hydrogen-bond donors (Lipinski definition) is 0. The summed E-state index contributed by atoms with van der Waals surface area (Å²) in [6.45, 7) is 3.93. The Hall–Kier alpha value is -2.50. The highest BCUT2D eigenvalue weighted by atomic mass is 35.5. The van der Waals surface area contributed by atoms with Crippen molar-refractivity contribution >= 4 is 35.2 Å². The van der Waals surface area contributed by atoms with E-state index in [4.69, 9.17) is 32.7 Å². The van der Waals surface area contributed by atoms with Crippen LogP contribution in [0.3, 0.4) is 0 Å². The molecule has 2 aromatic rings. The maximum Gasteiger partial charge on any atom is 0.416 e. The van der Waals surface area contributed by atoms with Gasteiger partial charge in [0.15, 0.2) is 0 Å². The fourth-order valence-electron chi connectivity index (χ4n) is 3.58. The van der Waals surface area contributed by atoms with E-state index < -0.39 is 12.0 Å². The average molecular weight is 448 g/mol. The molecule has 158 valence electrons. The molecule has 0 spiro atoms. The molecule has 0 bridgehead atoms. The van der Waals surface area contributed by atoms with Gasteiger partial charge in [-0.05, 0) is 42.5 Å². The van der Waals surface area contributed by atoms with Crippen LogP contribution in [0.25, 0.3) is 0 Å². The number of carbonyl (C=O) groups is 2. The lowest BCUT2D eigenvalue weighted by atomic mass is 9.93. The van der Waals surface area contributed by atoms with Crippen LogP contribution in [0.4, 0.5) is 4.79 Å². The van der Waals surface area contributed by atoms with E-state index in [0.29, 0.717) is 34.2 Å². The zero-order valence-corrected chi connectivity index (χ0v) is 18.2. The van der Waals surface area contributed by atoms with Crippen molar-refractivity contribution in [1.29, 1.82) is 0 Å². The first-order valence-corrected chi connectivity index (χ1v) is 10.4. The molecule has 0 aromatic heterocycles. The van der Waals surface area contributed by atoms with Gasteiger partial charge in [-0.15, -0.1) is 6.58 Å². The number of amides is 2. The van der Waals surface area contributed by atoms with Gasteiger partial charge in [0.2, 0.25) is 5.91 Å². The van der Waals surface area contributed by atoms with Gasteiger partial charge in [-0.1, -0.05) is 59.6 Å². The molecule has 0 saturated carbocycles. The van der Waals surface area contributed by atoms with E-state index in [1.165, 1.54) is 12.0 Å². The van der Waals surface area contributed by atoms with Gasteiger partial charge in [-0.25, -0.2) is 9.69 Å². The summed E-state index contributed by atoms with van der Waals surface area (Å²) in [7, 11) is 1.53. The first-order valence-electron chi connectivity index (χ1n) is 9.61. The van der Waals surface area contributed by atoms with Crippen molar-refractivity contribution in [1.82, 2.24) is 4.90 Å². The molecule has 3 rings (SSSR count). The molecular weight excluding hydrogens is 425 g/mol. The summed E-state index contributed by atoms with van der Waals surface area (Å²) in [6, 6.07) is 12.6. The first-order chi connectivity index (χ1) is 14.4. The molecule has 1 unspecified atom stereocenters. The van der Waals surface area contributed by atoms with Gasteiger partial charge < -0.3 is 9.47 Å². The number of hydrogen-bond acceptors (Lipinski definition) is 4. The van der Waals surface area contributed by atoms with Gasteiger partial charge in [0.05, 0.1) is 13.2 Å². The molecule has 1 saturated heterocycles. The molecule has 30 heavy (non-hydrogen) atoms. The zero-order chi connectivity index (χ0) is 21.7. The number of carbonyl (C=O) groups excluding carboxylic acids is 2. The minimum Gasteiger partial charge on any atom is -0.497 e. The second kappa shape index (κ2) is 10.0. The highest BCUT2D eigenvalue weighted by molar-refractivity contribution is 6.36. The minimum atomic E-state index is -0.623. The van der Waals surface area contributed by atoms with E-state index in [0.717, 1.165) is 5.56 Å². The van der Waals surface area contributed by atoms with E-state index in [9.17, 15) is 9.59 Å². The molecule has 2 atom stereocenters. The van der Waals surface area contributed by atoms with Crippen LogP contribution in [0.5, 0.6) is 5.75 Å². The molecule has 2 aromatic carbocycles. The van der Waals surface area contributed by atoms with Gasteiger partial charge in [0.1, 0.15) is 12.4 Å². The second-order valence-corrected chi connectivity index (χ2v) is 7.94. The van der Waals surface area contributed by atoms with Crippen molar-refractivity contribution in [3.8, 4) is 5.75 Å². The smallest absolute Gasteiger partial charge is 0.416 e. The molecule has 7 heteroatoms. The molecule has 2 amide bonds. The number of halogens is 2. The predicted molar refractivity (Wildman–Crippen MR) is 117 cm³/mol. The van der Waals surface area contributed by atoms with Gasteiger partial charge >= 0.3 is 6.09 Å². The molecule has 0 radical (unpaired) electrons. The van der Waals surface area contributed by atoms with Crippen molar-refractivity contribution < 1.29 is 19.1 Å². The number of ether oxygens (including phenoxy) is 2. The summed E-state index contributed by atoms with van der Waals surface area (Å²) >= 11 is 12.8. The molecule has 1 aliphatic rings. The quantitative estimate of drug-likeness (QED) is 0.513. The van der Waals surface area contributed by atoms with Gasteiger partial charge in [-0.2, -0.15) is 0 Å². The van der Waals surface area contributed by atoms with Crippen LogP contribution in [-0.4, -0.2) is 36.7 Å². The van der Waals surface area contributed by atoms with E-state index in [-0.39, 0.29) is 25.0 Å². The Morgan fingerprint density at radius 1 is 1.30 bits per heavy atom. The Balaban J connectivity index is 1.83. The molecule has 1 fully saturated rings. The van der Waals surface area contributed by atoms with Crippen LogP contribution >= 0.6 is 23.2 Å². The normalized spacial score (nSPS) is 16.8. The number of cyclic esters (lactones) is 1. The minimum absolute atomic E-state index is 0.171. The molecule has 0 N–H and O–H groups in total. The van der Waals surface area contributed by atoms with Crippen molar-refractivity contribution in [2.24, 2.45) is 5.92 Å². The molecule has 1 aliphatic heterocycles. The summed E-state index contributed by atoms with van der Waals surface area (Å²) < 4.78 is 10.4. The van der Waals surface area contributed by atoms with Gasteiger partial charge in [-0.3, -0.25) is 4.79 Å². The summed E-state index contributed by atoms with van der Waals surface area (Å²) in [5.74, 6) is -0.331. The Bertz CT molecular complexity index is 909. The fourth-order valence-corrected chi connectivity index (χ4v) is 4.20. The van der Waals surface area contributed by atoms with E-state index in [1.54, 1.807) is 18.2 Å². The molecule has 1 heterocycles. The maximum absolute atomic E-state index is 13.4. The molecule has 5 nitrogen and oxygen atoms in total. The van der Waals surface area contributed by atoms with Crippen molar-refractivity contribution in [3.05, 3.63) is 76.3 Å². The number of imide groups is 1. The third kappa shape index (κ3) is 4.97. The summed E-state index contributed by atoms with van der Waals surface area (Å²) in [4.78, 5) is 27.0. The monoisotopic (exact) mass is 447 g/mol. The molecular formula is C23H23Cl2NO4. The number of rotatable bonds is 8. The van der Waals surface area contributed by atoms with E-state index >= 15 is 0 Å². The number of methoxy groups -OCH3 is 1. The Kier molecular flexibility index (Phi) is 7.40. The molecule has 0 aliphatic carbocycles. The largest absolute Gasteiger partial charge is 0.497 e. The van der Waals surface area contributed by atoms with E-state index in [2.05, 4.69) is 6.58 Å². The lowest BCUT2D eigenvalue weighted by Gasteiger charge is -2.25. The van der Waals surface area contributed by atoms with Crippen molar-refractivity contribution in [2.75, 3.05) is 13.7 Å². The number of allylic oxidation sites excluding steroid dienone is 1.